The lowest BCUT2D eigenvalue weighted by atomic mass is 10.1. The number of ether oxygens (including phenoxy) is 1. The second-order valence-corrected chi connectivity index (χ2v) is 6.96. The van der Waals surface area contributed by atoms with Crippen molar-refractivity contribution in [1.29, 1.82) is 0 Å². The van der Waals surface area contributed by atoms with Crippen LogP contribution in [0.3, 0.4) is 0 Å². The Labute approximate surface area is 170 Å². The normalized spacial score (nSPS) is 13.7. The molecule has 1 saturated heterocycles. The number of anilines is 2. The number of hydrogen-bond donors (Lipinski definition) is 1. The van der Waals surface area contributed by atoms with Gasteiger partial charge in [-0.1, -0.05) is 18.2 Å². The number of piperidine rings is 1. The second kappa shape index (κ2) is 9.23. The highest BCUT2D eigenvalue weighted by Gasteiger charge is 2.23. The molecule has 1 fully saturated rings. The SMILES string of the molecule is COc1ccc(NC(=O)CN(C)C(=O)c2ccccc2)cc1N1CCCCC1=O. The fraction of sp³-hybridized carbons (Fsp3) is 0.318. The first kappa shape index (κ1) is 20.4. The average Bonchev–Trinajstić information content (AvgIpc) is 2.74. The Kier molecular flexibility index (Phi) is 6.49. The number of nitrogens with zero attached hydrogens (tertiary/aromatic N) is 2. The first-order valence-electron chi connectivity index (χ1n) is 9.58. The Morgan fingerprint density at radius 3 is 2.59 bits per heavy atom. The number of nitrogens with one attached hydrogen (secondary N) is 1. The van der Waals surface area contributed by atoms with E-state index in [0.29, 0.717) is 35.7 Å². The molecule has 3 rings (SSSR count). The molecule has 1 heterocycles. The largest absolute Gasteiger partial charge is 0.495 e. The summed E-state index contributed by atoms with van der Waals surface area (Å²) in [7, 11) is 3.14. The van der Waals surface area contributed by atoms with Crippen LogP contribution in [0, 0.1) is 0 Å². The molecule has 0 aromatic heterocycles. The zero-order chi connectivity index (χ0) is 20.8. The highest BCUT2D eigenvalue weighted by atomic mass is 16.5. The van der Waals surface area contributed by atoms with Gasteiger partial charge in [0.2, 0.25) is 11.8 Å². The summed E-state index contributed by atoms with van der Waals surface area (Å²) in [5.41, 5.74) is 1.71. The van der Waals surface area contributed by atoms with Crippen molar-refractivity contribution < 1.29 is 19.1 Å². The van der Waals surface area contributed by atoms with E-state index in [1.54, 1.807) is 61.5 Å². The molecule has 2 aromatic rings. The van der Waals surface area contributed by atoms with Crippen LogP contribution in [0.1, 0.15) is 29.6 Å². The fourth-order valence-corrected chi connectivity index (χ4v) is 3.33. The van der Waals surface area contributed by atoms with Crippen molar-refractivity contribution in [3.05, 3.63) is 54.1 Å². The molecule has 2 aromatic carbocycles. The number of methoxy groups -OCH3 is 1. The van der Waals surface area contributed by atoms with Crippen molar-refractivity contribution in [3.8, 4) is 5.75 Å². The molecule has 1 N–H and O–H groups in total. The van der Waals surface area contributed by atoms with Crippen molar-refractivity contribution in [2.75, 3.05) is 37.5 Å². The van der Waals surface area contributed by atoms with Crippen LogP contribution in [0.2, 0.25) is 0 Å². The Hall–Kier alpha value is -3.35. The lowest BCUT2D eigenvalue weighted by Gasteiger charge is -2.28. The van der Waals surface area contributed by atoms with Crippen molar-refractivity contribution in [2.24, 2.45) is 0 Å². The van der Waals surface area contributed by atoms with Crippen LogP contribution in [0.25, 0.3) is 0 Å². The molecule has 1 aliphatic rings. The highest BCUT2D eigenvalue weighted by molar-refractivity contribution is 6.00. The van der Waals surface area contributed by atoms with Gasteiger partial charge in [0, 0.05) is 31.3 Å². The number of rotatable bonds is 6. The lowest BCUT2D eigenvalue weighted by Crippen LogP contribution is -2.36. The topological polar surface area (TPSA) is 79.0 Å². The smallest absolute Gasteiger partial charge is 0.254 e. The summed E-state index contributed by atoms with van der Waals surface area (Å²) in [6.45, 7) is 0.540. The number of benzene rings is 2. The monoisotopic (exact) mass is 395 g/mol. The highest BCUT2D eigenvalue weighted by Crippen LogP contribution is 2.33. The standard InChI is InChI=1S/C22H25N3O4/c1-24(22(28)16-8-4-3-5-9-16)15-20(26)23-17-11-12-19(29-2)18(14-17)25-13-7-6-10-21(25)27/h3-5,8-9,11-12,14H,6-7,10,13,15H2,1-2H3,(H,23,26). The summed E-state index contributed by atoms with van der Waals surface area (Å²) in [6, 6.07) is 14.0. The number of likely N-dealkylation sites (N-methyl/N-ethyl adjacent to an activating group) is 1. The minimum Gasteiger partial charge on any atom is -0.495 e. The Morgan fingerprint density at radius 1 is 1.14 bits per heavy atom. The number of carbonyl (C=O) groups excluding carboxylic acids is 3. The van der Waals surface area contributed by atoms with Crippen LogP contribution >= 0.6 is 0 Å². The molecule has 29 heavy (non-hydrogen) atoms. The Bertz CT molecular complexity index is 898. The molecule has 0 unspecified atom stereocenters. The summed E-state index contributed by atoms with van der Waals surface area (Å²) in [6.07, 6.45) is 2.32. The molecule has 0 radical (unpaired) electrons. The molecular formula is C22H25N3O4. The summed E-state index contributed by atoms with van der Waals surface area (Å²) in [5.74, 6) is 0.0776. The maximum atomic E-state index is 12.4. The molecule has 0 spiro atoms. The van der Waals surface area contributed by atoms with E-state index in [2.05, 4.69) is 5.32 Å². The third kappa shape index (κ3) is 4.93. The number of hydrogen-bond acceptors (Lipinski definition) is 4. The molecule has 0 bridgehead atoms. The summed E-state index contributed by atoms with van der Waals surface area (Å²) in [5, 5.41) is 2.80. The average molecular weight is 395 g/mol. The van der Waals surface area contributed by atoms with Crippen molar-refractivity contribution in [1.82, 2.24) is 4.90 Å². The maximum Gasteiger partial charge on any atom is 0.254 e. The van der Waals surface area contributed by atoms with E-state index in [1.165, 1.54) is 4.90 Å². The molecule has 3 amide bonds. The molecule has 0 aliphatic carbocycles. The lowest BCUT2D eigenvalue weighted by molar-refractivity contribution is -0.119. The Balaban J connectivity index is 1.69. The number of amides is 3. The van der Waals surface area contributed by atoms with E-state index in [4.69, 9.17) is 4.74 Å². The van der Waals surface area contributed by atoms with Gasteiger partial charge in [-0.15, -0.1) is 0 Å². The Morgan fingerprint density at radius 2 is 1.90 bits per heavy atom. The van der Waals surface area contributed by atoms with Gasteiger partial charge in [-0.25, -0.2) is 0 Å². The molecule has 7 heteroatoms. The van der Waals surface area contributed by atoms with E-state index in [0.717, 1.165) is 12.8 Å². The van der Waals surface area contributed by atoms with Gasteiger partial charge in [0.25, 0.3) is 5.91 Å². The van der Waals surface area contributed by atoms with Gasteiger partial charge >= 0.3 is 0 Å². The molecule has 0 atom stereocenters. The molecule has 7 nitrogen and oxygen atoms in total. The first-order chi connectivity index (χ1) is 14.0. The van der Waals surface area contributed by atoms with Crippen molar-refractivity contribution in [2.45, 2.75) is 19.3 Å². The second-order valence-electron chi connectivity index (χ2n) is 6.96. The van der Waals surface area contributed by atoms with Crippen LogP contribution < -0.4 is 15.0 Å². The van der Waals surface area contributed by atoms with Crippen LogP contribution in [0.4, 0.5) is 11.4 Å². The molecule has 152 valence electrons. The number of carbonyl (C=O) groups is 3. The van der Waals surface area contributed by atoms with E-state index in [-0.39, 0.29) is 24.3 Å². The first-order valence-corrected chi connectivity index (χ1v) is 9.58. The summed E-state index contributed by atoms with van der Waals surface area (Å²) in [4.78, 5) is 40.2. The molecule has 0 saturated carbocycles. The van der Waals surface area contributed by atoms with Gasteiger partial charge in [0.1, 0.15) is 5.75 Å². The van der Waals surface area contributed by atoms with E-state index in [9.17, 15) is 14.4 Å². The van der Waals surface area contributed by atoms with Gasteiger partial charge < -0.3 is 19.9 Å². The van der Waals surface area contributed by atoms with Gasteiger partial charge in [-0.05, 0) is 43.2 Å². The summed E-state index contributed by atoms with van der Waals surface area (Å²) >= 11 is 0. The van der Waals surface area contributed by atoms with Gasteiger partial charge in [-0.2, -0.15) is 0 Å². The zero-order valence-corrected chi connectivity index (χ0v) is 16.7. The third-order valence-corrected chi connectivity index (χ3v) is 4.83. The summed E-state index contributed by atoms with van der Waals surface area (Å²) < 4.78 is 5.39. The van der Waals surface area contributed by atoms with Crippen LogP contribution in [0.5, 0.6) is 5.75 Å². The van der Waals surface area contributed by atoms with Crippen LogP contribution in [0.15, 0.2) is 48.5 Å². The predicted molar refractivity (Wildman–Crippen MR) is 111 cm³/mol. The van der Waals surface area contributed by atoms with Gasteiger partial charge in [0.05, 0.1) is 19.3 Å². The zero-order valence-electron chi connectivity index (χ0n) is 16.7. The van der Waals surface area contributed by atoms with Crippen molar-refractivity contribution >= 4 is 29.1 Å². The van der Waals surface area contributed by atoms with Crippen LogP contribution in [-0.2, 0) is 9.59 Å². The van der Waals surface area contributed by atoms with E-state index in [1.807, 2.05) is 6.07 Å². The minimum absolute atomic E-state index is 0.0474. The quantitative estimate of drug-likeness (QED) is 0.816. The molecule has 1 aliphatic heterocycles. The fourth-order valence-electron chi connectivity index (χ4n) is 3.33. The third-order valence-electron chi connectivity index (χ3n) is 4.83. The van der Waals surface area contributed by atoms with Gasteiger partial charge in [-0.3, -0.25) is 14.4 Å². The van der Waals surface area contributed by atoms with E-state index < -0.39 is 0 Å². The van der Waals surface area contributed by atoms with E-state index >= 15 is 0 Å². The van der Waals surface area contributed by atoms with Gasteiger partial charge in [0.15, 0.2) is 0 Å². The van der Waals surface area contributed by atoms with Crippen LogP contribution in [-0.4, -0.2) is 49.9 Å². The predicted octanol–water partition coefficient (Wildman–Crippen LogP) is 2.92. The maximum absolute atomic E-state index is 12.4. The van der Waals surface area contributed by atoms with Crippen molar-refractivity contribution in [3.63, 3.8) is 0 Å². The minimum atomic E-state index is -0.321. The molecular weight excluding hydrogens is 370 g/mol.